The molecule has 1 aliphatic heterocycles. The Labute approximate surface area is 129 Å². The Morgan fingerprint density at radius 1 is 1.43 bits per heavy atom. The fraction of sp³-hybridized carbons (Fsp3) is 0.500. The average molecular weight is 332 g/mol. The molecule has 0 N–H and O–H groups in total. The molecule has 5 nitrogen and oxygen atoms in total. The number of likely N-dealkylation sites (tertiary alicyclic amines) is 1. The van der Waals surface area contributed by atoms with Gasteiger partial charge in [0.25, 0.3) is 15.0 Å². The van der Waals surface area contributed by atoms with Crippen LogP contribution in [0, 0.1) is 6.92 Å². The molecule has 0 spiro atoms. The highest BCUT2D eigenvalue weighted by Crippen LogP contribution is 2.23. The van der Waals surface area contributed by atoms with Crippen LogP contribution < -0.4 is 0 Å². The van der Waals surface area contributed by atoms with Crippen LogP contribution in [0.4, 0.5) is 0 Å². The second-order valence-electron chi connectivity index (χ2n) is 5.17. The van der Waals surface area contributed by atoms with E-state index < -0.39 is 9.05 Å². The third-order valence-corrected chi connectivity index (χ3v) is 5.16. The van der Waals surface area contributed by atoms with Crippen molar-refractivity contribution in [2.24, 2.45) is 0 Å². The maximum atomic E-state index is 12.5. The topological polar surface area (TPSA) is 63.7 Å². The number of methoxy groups -OCH3 is 1. The highest BCUT2D eigenvalue weighted by Gasteiger charge is 2.25. The first kappa shape index (κ1) is 16.3. The summed E-state index contributed by atoms with van der Waals surface area (Å²) < 4.78 is 28.3. The lowest BCUT2D eigenvalue weighted by molar-refractivity contribution is 0.0269. The molecule has 1 unspecified atom stereocenters. The van der Waals surface area contributed by atoms with Gasteiger partial charge in [-0.15, -0.1) is 0 Å². The lowest BCUT2D eigenvalue weighted by Gasteiger charge is -2.32. The Kier molecular flexibility index (Phi) is 4.91. The molecule has 1 fully saturated rings. The molecule has 0 aromatic heterocycles. The summed E-state index contributed by atoms with van der Waals surface area (Å²) in [6.45, 7) is 2.81. The van der Waals surface area contributed by atoms with Crippen molar-refractivity contribution >= 4 is 25.6 Å². The number of hydrogen-bond acceptors (Lipinski definition) is 4. The van der Waals surface area contributed by atoms with Gasteiger partial charge in [0.2, 0.25) is 0 Å². The molecule has 1 heterocycles. The van der Waals surface area contributed by atoms with Crippen molar-refractivity contribution in [1.29, 1.82) is 0 Å². The van der Waals surface area contributed by atoms with E-state index in [2.05, 4.69) is 0 Å². The van der Waals surface area contributed by atoms with Crippen LogP contribution in [0.5, 0.6) is 0 Å². The maximum absolute atomic E-state index is 12.5. The smallest absolute Gasteiger partial charge is 0.261 e. The first-order valence-corrected chi connectivity index (χ1v) is 9.01. The van der Waals surface area contributed by atoms with Crippen LogP contribution in [0.25, 0.3) is 0 Å². The van der Waals surface area contributed by atoms with Gasteiger partial charge in [0.1, 0.15) is 0 Å². The lowest BCUT2D eigenvalue weighted by atomic mass is 10.1. The van der Waals surface area contributed by atoms with E-state index >= 15 is 0 Å². The van der Waals surface area contributed by atoms with E-state index in [4.69, 9.17) is 15.4 Å². The van der Waals surface area contributed by atoms with E-state index in [0.29, 0.717) is 24.2 Å². The van der Waals surface area contributed by atoms with E-state index in [-0.39, 0.29) is 16.9 Å². The molecule has 1 aliphatic rings. The van der Waals surface area contributed by atoms with Gasteiger partial charge < -0.3 is 9.64 Å². The molecule has 0 saturated carbocycles. The fourth-order valence-electron chi connectivity index (χ4n) is 2.49. The predicted octanol–water partition coefficient (Wildman–Crippen LogP) is 2.17. The first-order valence-electron chi connectivity index (χ1n) is 6.70. The van der Waals surface area contributed by atoms with Crippen LogP contribution in [0.15, 0.2) is 23.1 Å². The van der Waals surface area contributed by atoms with Crippen LogP contribution >= 0.6 is 10.7 Å². The molecular formula is C14H18ClNO4S. The quantitative estimate of drug-likeness (QED) is 0.796. The molecule has 0 radical (unpaired) electrons. The van der Waals surface area contributed by atoms with Crippen molar-refractivity contribution in [3.05, 3.63) is 29.3 Å². The predicted molar refractivity (Wildman–Crippen MR) is 80.2 cm³/mol. The zero-order chi connectivity index (χ0) is 15.6. The van der Waals surface area contributed by atoms with Gasteiger partial charge in [-0.3, -0.25) is 4.79 Å². The molecule has 21 heavy (non-hydrogen) atoms. The molecule has 116 valence electrons. The molecule has 1 amide bonds. The molecule has 1 aromatic carbocycles. The largest absolute Gasteiger partial charge is 0.380 e. The maximum Gasteiger partial charge on any atom is 0.261 e. The molecule has 1 saturated heterocycles. The summed E-state index contributed by atoms with van der Waals surface area (Å²) in [6.07, 6.45) is 1.83. The van der Waals surface area contributed by atoms with Gasteiger partial charge >= 0.3 is 0 Å². The molecule has 0 aliphatic carbocycles. The van der Waals surface area contributed by atoms with Gasteiger partial charge in [-0.2, -0.15) is 0 Å². The number of hydrogen-bond donors (Lipinski definition) is 0. The van der Waals surface area contributed by atoms with E-state index in [1.807, 2.05) is 0 Å². The molecular weight excluding hydrogens is 314 g/mol. The highest BCUT2D eigenvalue weighted by atomic mass is 35.7. The Morgan fingerprint density at radius 2 is 2.14 bits per heavy atom. The van der Waals surface area contributed by atoms with Gasteiger partial charge in [0, 0.05) is 36.4 Å². The van der Waals surface area contributed by atoms with Crippen LogP contribution in [0.2, 0.25) is 0 Å². The van der Waals surface area contributed by atoms with Gasteiger partial charge in [0.05, 0.1) is 11.0 Å². The van der Waals surface area contributed by atoms with E-state index in [1.165, 1.54) is 6.07 Å². The highest BCUT2D eigenvalue weighted by molar-refractivity contribution is 8.13. The lowest BCUT2D eigenvalue weighted by Crippen LogP contribution is -2.42. The molecule has 1 aromatic rings. The standard InChI is InChI=1S/C14H18ClNO4S/c1-10-5-6-11(8-13(10)21(15,18)19)14(17)16-7-3-4-12(9-16)20-2/h5-6,8,12H,3-4,7,9H2,1-2H3. The van der Waals surface area contributed by atoms with Crippen molar-refractivity contribution < 1.29 is 17.9 Å². The van der Waals surface area contributed by atoms with Gasteiger partial charge in [-0.05, 0) is 37.5 Å². The number of benzene rings is 1. The number of rotatable bonds is 3. The zero-order valence-electron chi connectivity index (χ0n) is 12.0. The summed E-state index contributed by atoms with van der Waals surface area (Å²) >= 11 is 0. The Morgan fingerprint density at radius 3 is 2.76 bits per heavy atom. The summed E-state index contributed by atoms with van der Waals surface area (Å²) in [5, 5.41) is 0. The summed E-state index contributed by atoms with van der Waals surface area (Å²) in [4.78, 5) is 14.2. The van der Waals surface area contributed by atoms with Crippen LogP contribution in [0.1, 0.15) is 28.8 Å². The zero-order valence-corrected chi connectivity index (χ0v) is 13.6. The molecule has 1 atom stereocenters. The number of carbonyl (C=O) groups is 1. The van der Waals surface area contributed by atoms with Crippen molar-refractivity contribution in [1.82, 2.24) is 4.90 Å². The Balaban J connectivity index is 2.28. The number of piperidine rings is 1. The number of aryl methyl sites for hydroxylation is 1. The number of nitrogens with zero attached hydrogens (tertiary/aromatic N) is 1. The monoisotopic (exact) mass is 331 g/mol. The van der Waals surface area contributed by atoms with Gasteiger partial charge in [0.15, 0.2) is 0 Å². The summed E-state index contributed by atoms with van der Waals surface area (Å²) in [5.74, 6) is -0.196. The third kappa shape index (κ3) is 3.75. The SMILES string of the molecule is COC1CCCN(C(=O)c2ccc(C)c(S(=O)(=O)Cl)c2)C1. The van der Waals surface area contributed by atoms with Crippen LogP contribution in [0.3, 0.4) is 0 Å². The van der Waals surface area contributed by atoms with Crippen molar-refractivity contribution in [2.75, 3.05) is 20.2 Å². The summed E-state index contributed by atoms with van der Waals surface area (Å²) in [7, 11) is 3.17. The van der Waals surface area contributed by atoms with Crippen LogP contribution in [-0.2, 0) is 13.8 Å². The van der Waals surface area contributed by atoms with Crippen molar-refractivity contribution in [3.63, 3.8) is 0 Å². The van der Waals surface area contributed by atoms with Crippen LogP contribution in [-0.4, -0.2) is 45.5 Å². The second-order valence-corrected chi connectivity index (χ2v) is 7.70. The second kappa shape index (κ2) is 6.34. The van der Waals surface area contributed by atoms with E-state index in [9.17, 15) is 13.2 Å². The van der Waals surface area contributed by atoms with Crippen molar-refractivity contribution in [3.8, 4) is 0 Å². The minimum atomic E-state index is -3.86. The normalized spacial score (nSPS) is 19.6. The number of carbonyl (C=O) groups excluding carboxylic acids is 1. The molecule has 2 rings (SSSR count). The van der Waals surface area contributed by atoms with Crippen molar-refractivity contribution in [2.45, 2.75) is 30.8 Å². The minimum absolute atomic E-state index is 0.0182. The Bertz CT molecular complexity index is 644. The van der Waals surface area contributed by atoms with Gasteiger partial charge in [-0.1, -0.05) is 6.07 Å². The fourth-order valence-corrected chi connectivity index (χ4v) is 3.71. The number of amides is 1. The third-order valence-electron chi connectivity index (χ3n) is 3.70. The number of halogens is 1. The molecule has 0 bridgehead atoms. The summed E-state index contributed by atoms with van der Waals surface area (Å²) in [6, 6.07) is 4.57. The first-order chi connectivity index (χ1) is 9.82. The Hall–Kier alpha value is -1.11. The number of ether oxygens (including phenoxy) is 1. The van der Waals surface area contributed by atoms with E-state index in [1.54, 1.807) is 31.1 Å². The average Bonchev–Trinajstić information content (AvgIpc) is 2.46. The minimum Gasteiger partial charge on any atom is -0.380 e. The molecule has 7 heteroatoms. The van der Waals surface area contributed by atoms with E-state index in [0.717, 1.165) is 12.8 Å². The van der Waals surface area contributed by atoms with Gasteiger partial charge in [-0.25, -0.2) is 8.42 Å². The summed E-state index contributed by atoms with van der Waals surface area (Å²) in [5.41, 5.74) is 0.853.